The van der Waals surface area contributed by atoms with Gasteiger partial charge in [-0.1, -0.05) is 26.0 Å². The lowest BCUT2D eigenvalue weighted by atomic mass is 10.1. The molecule has 0 aliphatic heterocycles. The fraction of sp³-hybridized carbons (Fsp3) is 0.450. The molecule has 140 valence electrons. The summed E-state index contributed by atoms with van der Waals surface area (Å²) < 4.78 is 0. The van der Waals surface area contributed by atoms with Crippen LogP contribution < -0.4 is 5.32 Å². The van der Waals surface area contributed by atoms with Crippen LogP contribution in [0.2, 0.25) is 0 Å². The number of amides is 2. The molecule has 0 aliphatic rings. The quantitative estimate of drug-likeness (QED) is 0.791. The van der Waals surface area contributed by atoms with Crippen molar-refractivity contribution in [3.05, 3.63) is 46.0 Å². The maximum atomic E-state index is 12.9. The van der Waals surface area contributed by atoms with E-state index >= 15 is 0 Å². The van der Waals surface area contributed by atoms with E-state index in [4.69, 9.17) is 0 Å². The third kappa shape index (κ3) is 4.91. The molecular formula is C20H27N3O2S. The van der Waals surface area contributed by atoms with Gasteiger partial charge < -0.3 is 10.2 Å². The van der Waals surface area contributed by atoms with E-state index in [0.29, 0.717) is 10.7 Å². The van der Waals surface area contributed by atoms with Crippen molar-refractivity contribution in [1.82, 2.24) is 9.88 Å². The van der Waals surface area contributed by atoms with Crippen molar-refractivity contribution in [2.75, 3.05) is 11.9 Å². The molecule has 2 rings (SSSR count). The van der Waals surface area contributed by atoms with Crippen molar-refractivity contribution in [1.29, 1.82) is 0 Å². The normalized spacial score (nSPS) is 11.9. The summed E-state index contributed by atoms with van der Waals surface area (Å²) in [6.45, 7) is 9.95. The monoisotopic (exact) mass is 373 g/mol. The average Bonchev–Trinajstić information content (AvgIpc) is 2.95. The Morgan fingerprint density at radius 3 is 2.35 bits per heavy atom. The summed E-state index contributed by atoms with van der Waals surface area (Å²) in [6, 6.07) is 7.56. The standard InChI is InChI=1S/C20H27N3O2S/c1-6-13(3)23(19(25)17-10-8-16(7-2)9-11-17)12-18(24)22-20-21-14(4)15(5)26-20/h8-11,13H,6-7,12H2,1-5H3,(H,21,22,24)/t13-/m0/s1. The van der Waals surface area contributed by atoms with E-state index in [1.54, 1.807) is 4.90 Å². The maximum absolute atomic E-state index is 12.9. The molecule has 1 aromatic carbocycles. The van der Waals surface area contributed by atoms with Crippen LogP contribution in [-0.2, 0) is 11.2 Å². The molecule has 0 bridgehead atoms. The first-order valence-electron chi connectivity index (χ1n) is 8.99. The fourth-order valence-corrected chi connectivity index (χ4v) is 3.37. The number of anilines is 1. The Morgan fingerprint density at radius 2 is 1.85 bits per heavy atom. The Kier molecular flexibility index (Phi) is 6.91. The van der Waals surface area contributed by atoms with Crippen LogP contribution in [0, 0.1) is 13.8 Å². The van der Waals surface area contributed by atoms with Gasteiger partial charge >= 0.3 is 0 Å². The van der Waals surface area contributed by atoms with Gasteiger partial charge in [0.2, 0.25) is 5.91 Å². The van der Waals surface area contributed by atoms with E-state index in [-0.39, 0.29) is 24.4 Å². The highest BCUT2D eigenvalue weighted by Crippen LogP contribution is 2.21. The van der Waals surface area contributed by atoms with E-state index in [1.807, 2.05) is 52.0 Å². The van der Waals surface area contributed by atoms with Gasteiger partial charge in [-0.2, -0.15) is 0 Å². The summed E-state index contributed by atoms with van der Waals surface area (Å²) in [5.41, 5.74) is 2.70. The largest absolute Gasteiger partial charge is 0.327 e. The average molecular weight is 374 g/mol. The summed E-state index contributed by atoms with van der Waals surface area (Å²) in [4.78, 5) is 32.4. The van der Waals surface area contributed by atoms with Crippen molar-refractivity contribution < 1.29 is 9.59 Å². The predicted molar refractivity (Wildman–Crippen MR) is 107 cm³/mol. The van der Waals surface area contributed by atoms with E-state index < -0.39 is 0 Å². The highest BCUT2D eigenvalue weighted by Gasteiger charge is 2.23. The number of aromatic nitrogens is 1. The van der Waals surface area contributed by atoms with Gasteiger partial charge in [0.05, 0.1) is 5.69 Å². The zero-order valence-corrected chi connectivity index (χ0v) is 16.9. The van der Waals surface area contributed by atoms with E-state index in [0.717, 1.165) is 23.4 Å². The summed E-state index contributed by atoms with van der Waals surface area (Å²) in [5, 5.41) is 3.39. The van der Waals surface area contributed by atoms with Gasteiger partial charge in [-0.3, -0.25) is 9.59 Å². The van der Waals surface area contributed by atoms with Gasteiger partial charge in [0.25, 0.3) is 5.91 Å². The number of thiazole rings is 1. The predicted octanol–water partition coefficient (Wildman–Crippen LogP) is 4.20. The van der Waals surface area contributed by atoms with E-state index in [1.165, 1.54) is 16.9 Å². The third-order valence-electron chi connectivity index (χ3n) is 4.58. The van der Waals surface area contributed by atoms with Gasteiger partial charge in [0, 0.05) is 16.5 Å². The molecule has 26 heavy (non-hydrogen) atoms. The number of benzene rings is 1. The Balaban J connectivity index is 2.12. The highest BCUT2D eigenvalue weighted by atomic mass is 32.1. The molecule has 0 spiro atoms. The van der Waals surface area contributed by atoms with Crippen LogP contribution in [0.25, 0.3) is 0 Å². The number of nitrogens with one attached hydrogen (secondary N) is 1. The summed E-state index contributed by atoms with van der Waals surface area (Å²) in [7, 11) is 0. The van der Waals surface area contributed by atoms with E-state index in [2.05, 4.69) is 17.2 Å². The first kappa shape index (κ1) is 20.1. The molecule has 0 saturated carbocycles. The SMILES string of the molecule is CCc1ccc(C(=O)N(CC(=O)Nc2nc(C)c(C)s2)[C@@H](C)CC)cc1. The fourth-order valence-electron chi connectivity index (χ4n) is 2.54. The van der Waals surface area contributed by atoms with Crippen molar-refractivity contribution in [3.8, 4) is 0 Å². The summed E-state index contributed by atoms with van der Waals surface area (Å²) in [6.07, 6.45) is 1.71. The van der Waals surface area contributed by atoms with Crippen LogP contribution in [0.15, 0.2) is 24.3 Å². The second-order valence-electron chi connectivity index (χ2n) is 6.45. The second kappa shape index (κ2) is 8.94. The first-order valence-corrected chi connectivity index (χ1v) is 9.81. The number of rotatable bonds is 7. The molecule has 1 atom stereocenters. The highest BCUT2D eigenvalue weighted by molar-refractivity contribution is 7.15. The summed E-state index contributed by atoms with van der Waals surface area (Å²) in [5.74, 6) is -0.346. The lowest BCUT2D eigenvalue weighted by Gasteiger charge is -2.28. The minimum atomic E-state index is -0.224. The zero-order valence-electron chi connectivity index (χ0n) is 16.1. The van der Waals surface area contributed by atoms with Gasteiger partial charge in [-0.05, 0) is 51.3 Å². The molecule has 1 aromatic heterocycles. The lowest BCUT2D eigenvalue weighted by molar-refractivity contribution is -0.117. The number of carbonyl (C=O) groups excluding carboxylic acids is 2. The second-order valence-corrected chi connectivity index (χ2v) is 7.65. The summed E-state index contributed by atoms with van der Waals surface area (Å²) >= 11 is 1.45. The Hall–Kier alpha value is -2.21. The van der Waals surface area contributed by atoms with Gasteiger partial charge in [-0.15, -0.1) is 11.3 Å². The molecule has 1 heterocycles. The molecule has 1 N–H and O–H groups in total. The molecule has 5 nitrogen and oxygen atoms in total. The Bertz CT molecular complexity index is 748. The van der Waals surface area contributed by atoms with Crippen LogP contribution >= 0.6 is 11.3 Å². The molecule has 0 fully saturated rings. The Labute approximate surface area is 159 Å². The number of nitrogens with zero attached hydrogens (tertiary/aromatic N) is 2. The van der Waals surface area contributed by atoms with Crippen molar-refractivity contribution in [2.24, 2.45) is 0 Å². The maximum Gasteiger partial charge on any atom is 0.254 e. The topological polar surface area (TPSA) is 62.3 Å². The lowest BCUT2D eigenvalue weighted by Crippen LogP contribution is -2.43. The molecule has 2 amide bonds. The van der Waals surface area contributed by atoms with E-state index in [9.17, 15) is 9.59 Å². The molecule has 2 aromatic rings. The third-order valence-corrected chi connectivity index (χ3v) is 5.57. The zero-order chi connectivity index (χ0) is 19.3. The van der Waals surface area contributed by atoms with Crippen molar-refractivity contribution >= 4 is 28.3 Å². The van der Waals surface area contributed by atoms with Crippen LogP contribution in [0.5, 0.6) is 0 Å². The molecular weight excluding hydrogens is 346 g/mol. The molecule has 0 aliphatic carbocycles. The van der Waals surface area contributed by atoms with Gasteiger partial charge in [0.15, 0.2) is 5.13 Å². The van der Waals surface area contributed by atoms with Gasteiger partial charge in [0.1, 0.15) is 6.54 Å². The minimum Gasteiger partial charge on any atom is -0.327 e. The van der Waals surface area contributed by atoms with Crippen molar-refractivity contribution in [2.45, 2.75) is 53.5 Å². The molecule has 0 saturated heterocycles. The Morgan fingerprint density at radius 1 is 1.19 bits per heavy atom. The number of hydrogen-bond donors (Lipinski definition) is 1. The van der Waals surface area contributed by atoms with Gasteiger partial charge in [-0.25, -0.2) is 4.98 Å². The minimum absolute atomic E-state index is 0.0149. The first-order chi connectivity index (χ1) is 12.3. The number of carbonyl (C=O) groups is 2. The van der Waals surface area contributed by atoms with Crippen molar-refractivity contribution in [3.63, 3.8) is 0 Å². The molecule has 6 heteroatoms. The van der Waals surface area contributed by atoms with Crippen LogP contribution in [0.3, 0.4) is 0 Å². The molecule has 0 unspecified atom stereocenters. The van der Waals surface area contributed by atoms with Crippen LogP contribution in [0.4, 0.5) is 5.13 Å². The van der Waals surface area contributed by atoms with Crippen LogP contribution in [-0.4, -0.2) is 34.3 Å². The molecule has 0 radical (unpaired) electrons. The number of hydrogen-bond acceptors (Lipinski definition) is 4. The van der Waals surface area contributed by atoms with Crippen LogP contribution in [0.1, 0.15) is 53.7 Å². The smallest absolute Gasteiger partial charge is 0.254 e. The number of aryl methyl sites for hydroxylation is 3.